The maximum absolute atomic E-state index is 11.8. The molecule has 2 aliphatic rings. The molecule has 0 radical (unpaired) electrons. The summed E-state index contributed by atoms with van der Waals surface area (Å²) in [5.74, 6) is 0.700. The third-order valence-corrected chi connectivity index (χ3v) is 6.07. The topological polar surface area (TPSA) is 63.4 Å². The lowest BCUT2D eigenvalue weighted by atomic mass is 10.1. The van der Waals surface area contributed by atoms with Crippen molar-refractivity contribution in [2.45, 2.75) is 49.4 Å². The summed E-state index contributed by atoms with van der Waals surface area (Å²) < 4.78 is 23.6. The highest BCUT2D eigenvalue weighted by molar-refractivity contribution is 7.91. The molecule has 4 nitrogen and oxygen atoms in total. The Kier molecular flexibility index (Phi) is 3.80. The van der Waals surface area contributed by atoms with Crippen LogP contribution in [0.4, 0.5) is 0 Å². The van der Waals surface area contributed by atoms with Gasteiger partial charge < -0.3 is 5.73 Å². The van der Waals surface area contributed by atoms with Crippen molar-refractivity contribution >= 4 is 9.84 Å². The van der Waals surface area contributed by atoms with Gasteiger partial charge in [0.1, 0.15) is 0 Å². The predicted octanol–water partition coefficient (Wildman–Crippen LogP) is 0.621. The van der Waals surface area contributed by atoms with Crippen molar-refractivity contribution in [1.82, 2.24) is 4.90 Å². The summed E-state index contributed by atoms with van der Waals surface area (Å²) in [5, 5.41) is -0.180. The minimum atomic E-state index is -2.93. The van der Waals surface area contributed by atoms with Crippen LogP contribution in [0.25, 0.3) is 0 Å². The summed E-state index contributed by atoms with van der Waals surface area (Å²) in [6, 6.07) is 0.557. The zero-order valence-electron chi connectivity index (χ0n) is 10.8. The van der Waals surface area contributed by atoms with Crippen LogP contribution in [0.1, 0.15) is 32.1 Å². The normalized spacial score (nSPS) is 32.0. The van der Waals surface area contributed by atoms with Gasteiger partial charge >= 0.3 is 0 Å². The first-order valence-electron chi connectivity index (χ1n) is 6.56. The van der Waals surface area contributed by atoms with Gasteiger partial charge in [-0.2, -0.15) is 0 Å². The summed E-state index contributed by atoms with van der Waals surface area (Å²) in [6.07, 6.45) is 6.71. The van der Waals surface area contributed by atoms with E-state index in [0.717, 1.165) is 19.3 Å². The van der Waals surface area contributed by atoms with E-state index in [1.165, 1.54) is 19.1 Å². The largest absolute Gasteiger partial charge is 0.329 e. The molecule has 2 aliphatic carbocycles. The number of likely N-dealkylation sites (N-methyl/N-ethyl adjacent to an activating group) is 1. The van der Waals surface area contributed by atoms with Crippen LogP contribution in [0.15, 0.2) is 0 Å². The van der Waals surface area contributed by atoms with E-state index in [1.807, 2.05) is 0 Å². The first kappa shape index (κ1) is 13.3. The average Bonchev–Trinajstić information content (AvgIpc) is 2.94. The van der Waals surface area contributed by atoms with E-state index in [4.69, 9.17) is 5.73 Å². The van der Waals surface area contributed by atoms with Crippen LogP contribution in [-0.2, 0) is 9.84 Å². The molecule has 5 heteroatoms. The molecule has 0 amide bonds. The highest BCUT2D eigenvalue weighted by atomic mass is 32.2. The van der Waals surface area contributed by atoms with Crippen LogP contribution >= 0.6 is 0 Å². The fourth-order valence-corrected chi connectivity index (χ4v) is 4.78. The molecule has 0 bridgehead atoms. The van der Waals surface area contributed by atoms with Gasteiger partial charge in [-0.1, -0.05) is 6.42 Å². The van der Waals surface area contributed by atoms with Gasteiger partial charge in [-0.3, -0.25) is 4.90 Å². The van der Waals surface area contributed by atoms with Crippen LogP contribution in [0.5, 0.6) is 0 Å². The highest BCUT2D eigenvalue weighted by Gasteiger charge is 2.42. The molecule has 0 saturated heterocycles. The molecule has 3 unspecified atom stereocenters. The molecular weight excluding hydrogens is 236 g/mol. The molecule has 0 aromatic heterocycles. The Morgan fingerprint density at radius 3 is 2.41 bits per heavy atom. The van der Waals surface area contributed by atoms with Gasteiger partial charge in [-0.25, -0.2) is 8.42 Å². The van der Waals surface area contributed by atoms with Crippen LogP contribution < -0.4 is 5.73 Å². The van der Waals surface area contributed by atoms with E-state index in [9.17, 15) is 8.42 Å². The van der Waals surface area contributed by atoms with E-state index in [0.29, 0.717) is 18.5 Å². The smallest absolute Gasteiger partial charge is 0.151 e. The summed E-state index contributed by atoms with van der Waals surface area (Å²) in [5.41, 5.74) is 5.85. The van der Waals surface area contributed by atoms with Crippen LogP contribution in [-0.4, -0.2) is 50.5 Å². The molecule has 2 fully saturated rings. The zero-order chi connectivity index (χ0) is 12.6. The summed E-state index contributed by atoms with van der Waals surface area (Å²) in [7, 11) is -0.867. The molecule has 2 N–H and O–H groups in total. The second-order valence-electron chi connectivity index (χ2n) is 5.67. The van der Waals surface area contributed by atoms with Gasteiger partial charge in [0, 0.05) is 24.9 Å². The van der Waals surface area contributed by atoms with Gasteiger partial charge in [0.25, 0.3) is 0 Å². The maximum Gasteiger partial charge on any atom is 0.151 e. The molecule has 2 saturated carbocycles. The van der Waals surface area contributed by atoms with Gasteiger partial charge in [0.05, 0.1) is 5.25 Å². The SMILES string of the molecule is CN(C(CN)C1CC1)C1CCCC1S(C)(=O)=O. The van der Waals surface area contributed by atoms with Crippen molar-refractivity contribution in [2.75, 3.05) is 19.8 Å². The summed E-state index contributed by atoms with van der Waals surface area (Å²) in [6.45, 7) is 0.647. The van der Waals surface area contributed by atoms with E-state index in [-0.39, 0.29) is 11.3 Å². The first-order chi connectivity index (χ1) is 7.95. The molecule has 3 atom stereocenters. The van der Waals surface area contributed by atoms with E-state index >= 15 is 0 Å². The maximum atomic E-state index is 11.8. The minimum Gasteiger partial charge on any atom is -0.329 e. The van der Waals surface area contributed by atoms with Crippen molar-refractivity contribution in [3.63, 3.8) is 0 Å². The van der Waals surface area contributed by atoms with E-state index in [1.54, 1.807) is 0 Å². The second-order valence-corrected chi connectivity index (χ2v) is 7.94. The van der Waals surface area contributed by atoms with Crippen LogP contribution in [0, 0.1) is 5.92 Å². The quantitative estimate of drug-likeness (QED) is 0.787. The van der Waals surface area contributed by atoms with Crippen molar-refractivity contribution in [3.8, 4) is 0 Å². The van der Waals surface area contributed by atoms with E-state index < -0.39 is 9.84 Å². The molecule has 0 aliphatic heterocycles. The number of nitrogens with two attached hydrogens (primary N) is 1. The zero-order valence-corrected chi connectivity index (χ0v) is 11.6. The molecule has 0 aromatic carbocycles. The fraction of sp³-hybridized carbons (Fsp3) is 1.00. The van der Waals surface area contributed by atoms with Crippen molar-refractivity contribution in [2.24, 2.45) is 11.7 Å². The van der Waals surface area contributed by atoms with Gasteiger partial charge in [0.2, 0.25) is 0 Å². The molecule has 2 rings (SSSR count). The summed E-state index contributed by atoms with van der Waals surface area (Å²) in [4.78, 5) is 2.26. The lowest BCUT2D eigenvalue weighted by molar-refractivity contribution is 0.162. The van der Waals surface area contributed by atoms with Crippen LogP contribution in [0.2, 0.25) is 0 Å². The Morgan fingerprint density at radius 2 is 1.94 bits per heavy atom. The van der Waals surface area contributed by atoms with Gasteiger partial charge in [-0.05, 0) is 38.6 Å². The molecule has 0 spiro atoms. The monoisotopic (exact) mass is 260 g/mol. The molecule has 0 heterocycles. The predicted molar refractivity (Wildman–Crippen MR) is 69.6 cm³/mol. The van der Waals surface area contributed by atoms with Crippen molar-refractivity contribution < 1.29 is 8.42 Å². The molecule has 0 aromatic rings. The fourth-order valence-electron chi connectivity index (χ4n) is 3.29. The first-order valence-corrected chi connectivity index (χ1v) is 8.51. The van der Waals surface area contributed by atoms with Crippen LogP contribution in [0.3, 0.4) is 0 Å². The standard InChI is InChI=1S/C12H24N2O2S/c1-14(11(8-13)9-6-7-9)10-4-3-5-12(10)17(2,15)16/h9-12H,3-8,13H2,1-2H3. The average molecular weight is 260 g/mol. The minimum absolute atomic E-state index is 0.180. The Morgan fingerprint density at radius 1 is 1.29 bits per heavy atom. The lowest BCUT2D eigenvalue weighted by Gasteiger charge is -2.35. The second kappa shape index (κ2) is 4.86. The highest BCUT2D eigenvalue weighted by Crippen LogP contribution is 2.38. The number of hydrogen-bond acceptors (Lipinski definition) is 4. The molecular formula is C12H24N2O2S. The third-order valence-electron chi connectivity index (χ3n) is 4.42. The number of sulfone groups is 1. The number of hydrogen-bond donors (Lipinski definition) is 1. The van der Waals surface area contributed by atoms with E-state index in [2.05, 4.69) is 11.9 Å². The van der Waals surface area contributed by atoms with Crippen molar-refractivity contribution in [3.05, 3.63) is 0 Å². The Hall–Kier alpha value is -0.130. The molecule has 17 heavy (non-hydrogen) atoms. The lowest BCUT2D eigenvalue weighted by Crippen LogP contribution is -2.50. The molecule has 100 valence electrons. The number of nitrogens with zero attached hydrogens (tertiary/aromatic N) is 1. The van der Waals surface area contributed by atoms with Gasteiger partial charge in [-0.15, -0.1) is 0 Å². The Labute approximate surface area is 104 Å². The summed E-state index contributed by atoms with van der Waals surface area (Å²) >= 11 is 0. The van der Waals surface area contributed by atoms with Crippen molar-refractivity contribution in [1.29, 1.82) is 0 Å². The Bertz CT molecular complexity index is 365. The Balaban J connectivity index is 2.09. The third kappa shape index (κ3) is 2.83. The number of rotatable bonds is 5. The van der Waals surface area contributed by atoms with Gasteiger partial charge in [0.15, 0.2) is 9.84 Å².